The van der Waals surface area contributed by atoms with Gasteiger partial charge in [0.25, 0.3) is 0 Å². The minimum atomic E-state index is -0.0174. The number of methoxy groups -OCH3 is 1. The van der Waals surface area contributed by atoms with Crippen molar-refractivity contribution in [1.29, 1.82) is 0 Å². The van der Waals surface area contributed by atoms with Crippen LogP contribution in [0.3, 0.4) is 0 Å². The molecule has 0 saturated carbocycles. The Labute approximate surface area is 94.4 Å². The molecule has 0 atom stereocenters. The second-order valence-electron chi connectivity index (χ2n) is 3.05. The van der Waals surface area contributed by atoms with E-state index in [-0.39, 0.29) is 5.78 Å². The molecule has 0 spiro atoms. The molecule has 82 valence electrons. The second-order valence-corrected chi connectivity index (χ2v) is 3.48. The highest BCUT2D eigenvalue weighted by molar-refractivity contribution is 6.31. The van der Waals surface area contributed by atoms with E-state index in [9.17, 15) is 4.79 Å². The van der Waals surface area contributed by atoms with Crippen molar-refractivity contribution >= 4 is 17.4 Å². The highest BCUT2D eigenvalue weighted by Gasteiger charge is 2.11. The minimum absolute atomic E-state index is 0.0174. The van der Waals surface area contributed by atoms with Gasteiger partial charge < -0.3 is 10.1 Å². The summed E-state index contributed by atoms with van der Waals surface area (Å²) in [5.74, 6) is 0.540. The molecule has 0 aromatic heterocycles. The molecule has 1 rings (SSSR count). The maximum absolute atomic E-state index is 11.7. The number of benzene rings is 1. The standard InChI is InChI=1S/C11H14ClNO2/c1-3-13-7-10(14)9-6-8(12)4-5-11(9)15-2/h4-6,13H,3,7H2,1-2H3. The quantitative estimate of drug-likeness (QED) is 0.784. The van der Waals surface area contributed by atoms with Crippen molar-refractivity contribution in [2.75, 3.05) is 20.2 Å². The molecular weight excluding hydrogens is 214 g/mol. The van der Waals surface area contributed by atoms with Gasteiger partial charge in [-0.1, -0.05) is 18.5 Å². The number of ketones is 1. The minimum Gasteiger partial charge on any atom is -0.496 e. The Hall–Kier alpha value is -1.06. The van der Waals surface area contributed by atoms with Crippen molar-refractivity contribution in [3.05, 3.63) is 28.8 Å². The van der Waals surface area contributed by atoms with Crippen LogP contribution in [0.2, 0.25) is 5.02 Å². The summed E-state index contributed by atoms with van der Waals surface area (Å²) in [5, 5.41) is 3.51. The van der Waals surface area contributed by atoms with Gasteiger partial charge in [-0.05, 0) is 24.7 Å². The van der Waals surface area contributed by atoms with Crippen molar-refractivity contribution in [2.24, 2.45) is 0 Å². The van der Waals surface area contributed by atoms with Gasteiger partial charge in [-0.15, -0.1) is 0 Å². The first-order valence-corrected chi connectivity index (χ1v) is 5.14. The Kier molecular flexibility index (Phi) is 4.59. The molecule has 1 aromatic carbocycles. The van der Waals surface area contributed by atoms with E-state index in [4.69, 9.17) is 16.3 Å². The average Bonchev–Trinajstić information content (AvgIpc) is 2.25. The third kappa shape index (κ3) is 3.22. The smallest absolute Gasteiger partial charge is 0.180 e. The van der Waals surface area contributed by atoms with Crippen LogP contribution in [0, 0.1) is 0 Å². The molecule has 1 aromatic rings. The number of halogens is 1. The van der Waals surface area contributed by atoms with Crippen molar-refractivity contribution in [1.82, 2.24) is 5.32 Å². The zero-order valence-corrected chi connectivity index (χ0v) is 9.60. The fraction of sp³-hybridized carbons (Fsp3) is 0.364. The molecule has 3 nitrogen and oxygen atoms in total. The first-order chi connectivity index (χ1) is 7.19. The topological polar surface area (TPSA) is 38.3 Å². The van der Waals surface area contributed by atoms with Crippen molar-refractivity contribution < 1.29 is 9.53 Å². The van der Waals surface area contributed by atoms with Crippen LogP contribution in [0.25, 0.3) is 0 Å². The van der Waals surface area contributed by atoms with E-state index in [1.165, 1.54) is 7.11 Å². The van der Waals surface area contributed by atoms with Crippen molar-refractivity contribution in [3.8, 4) is 5.75 Å². The predicted octanol–water partition coefficient (Wildman–Crippen LogP) is 2.14. The molecule has 0 unspecified atom stereocenters. The van der Waals surface area contributed by atoms with Gasteiger partial charge in [0.2, 0.25) is 0 Å². The molecule has 0 amide bonds. The molecule has 15 heavy (non-hydrogen) atoms. The Balaban J connectivity index is 2.90. The van der Waals surface area contributed by atoms with E-state index in [1.54, 1.807) is 18.2 Å². The summed E-state index contributed by atoms with van der Waals surface area (Å²) in [6, 6.07) is 5.02. The van der Waals surface area contributed by atoms with Gasteiger partial charge >= 0.3 is 0 Å². The molecule has 0 aliphatic carbocycles. The monoisotopic (exact) mass is 227 g/mol. The van der Waals surface area contributed by atoms with E-state index in [0.717, 1.165) is 6.54 Å². The summed E-state index contributed by atoms with van der Waals surface area (Å²) in [6.07, 6.45) is 0. The van der Waals surface area contributed by atoms with E-state index in [1.807, 2.05) is 6.92 Å². The fourth-order valence-electron chi connectivity index (χ4n) is 1.23. The largest absolute Gasteiger partial charge is 0.496 e. The van der Waals surface area contributed by atoms with E-state index >= 15 is 0 Å². The first-order valence-electron chi connectivity index (χ1n) is 4.76. The molecule has 0 bridgehead atoms. The fourth-order valence-corrected chi connectivity index (χ4v) is 1.40. The van der Waals surface area contributed by atoms with Crippen LogP contribution in [-0.4, -0.2) is 26.0 Å². The summed E-state index contributed by atoms with van der Waals surface area (Å²) < 4.78 is 5.09. The van der Waals surface area contributed by atoms with Gasteiger partial charge in [-0.3, -0.25) is 4.79 Å². The Bertz CT molecular complexity index is 352. The van der Waals surface area contributed by atoms with Gasteiger partial charge in [0.1, 0.15) is 5.75 Å². The summed E-state index contributed by atoms with van der Waals surface area (Å²) in [4.78, 5) is 11.7. The number of likely N-dealkylation sites (N-methyl/N-ethyl adjacent to an activating group) is 1. The van der Waals surface area contributed by atoms with Crippen LogP contribution in [0.5, 0.6) is 5.75 Å². The number of Topliss-reactive ketones (excluding diaryl/α,β-unsaturated/α-hetero) is 1. The van der Waals surface area contributed by atoms with Crippen molar-refractivity contribution in [3.63, 3.8) is 0 Å². The van der Waals surface area contributed by atoms with Crippen LogP contribution in [-0.2, 0) is 0 Å². The van der Waals surface area contributed by atoms with Crippen LogP contribution in [0.1, 0.15) is 17.3 Å². The Morgan fingerprint density at radius 2 is 2.27 bits per heavy atom. The lowest BCUT2D eigenvalue weighted by atomic mass is 10.1. The zero-order valence-electron chi connectivity index (χ0n) is 8.84. The molecule has 4 heteroatoms. The number of rotatable bonds is 5. The lowest BCUT2D eigenvalue weighted by molar-refractivity contribution is 0.0989. The average molecular weight is 228 g/mol. The van der Waals surface area contributed by atoms with E-state index in [2.05, 4.69) is 5.32 Å². The number of carbonyl (C=O) groups excluding carboxylic acids is 1. The number of carbonyl (C=O) groups is 1. The predicted molar refractivity (Wildman–Crippen MR) is 60.9 cm³/mol. The van der Waals surface area contributed by atoms with Gasteiger partial charge in [0, 0.05) is 5.02 Å². The third-order valence-corrected chi connectivity index (χ3v) is 2.23. The number of nitrogens with one attached hydrogen (secondary N) is 1. The number of hydrogen-bond donors (Lipinski definition) is 1. The highest BCUT2D eigenvalue weighted by Crippen LogP contribution is 2.22. The van der Waals surface area contributed by atoms with Gasteiger partial charge in [0.15, 0.2) is 5.78 Å². The van der Waals surface area contributed by atoms with Crippen LogP contribution in [0.4, 0.5) is 0 Å². The molecule has 0 fully saturated rings. The summed E-state index contributed by atoms with van der Waals surface area (Å²) in [7, 11) is 1.53. The third-order valence-electron chi connectivity index (χ3n) is 2.00. The normalized spacial score (nSPS) is 10.1. The van der Waals surface area contributed by atoms with Crippen molar-refractivity contribution in [2.45, 2.75) is 6.92 Å². The van der Waals surface area contributed by atoms with Gasteiger partial charge in [-0.25, -0.2) is 0 Å². The molecule has 1 N–H and O–H groups in total. The maximum Gasteiger partial charge on any atom is 0.180 e. The SMILES string of the molecule is CCNCC(=O)c1cc(Cl)ccc1OC. The zero-order chi connectivity index (χ0) is 11.3. The van der Waals surface area contributed by atoms with Gasteiger partial charge in [0.05, 0.1) is 19.2 Å². The van der Waals surface area contributed by atoms with Gasteiger partial charge in [-0.2, -0.15) is 0 Å². The van der Waals surface area contributed by atoms with E-state index < -0.39 is 0 Å². The first kappa shape index (κ1) is 12.0. The lowest BCUT2D eigenvalue weighted by Crippen LogP contribution is -2.22. The lowest BCUT2D eigenvalue weighted by Gasteiger charge is -2.08. The van der Waals surface area contributed by atoms with E-state index in [0.29, 0.717) is 22.9 Å². The Morgan fingerprint density at radius 3 is 2.87 bits per heavy atom. The summed E-state index contributed by atoms with van der Waals surface area (Å²) >= 11 is 5.82. The number of hydrogen-bond acceptors (Lipinski definition) is 3. The molecule has 0 saturated heterocycles. The van der Waals surface area contributed by atoms with Crippen LogP contribution < -0.4 is 10.1 Å². The maximum atomic E-state index is 11.7. The molecular formula is C11H14ClNO2. The molecule has 0 aliphatic heterocycles. The highest BCUT2D eigenvalue weighted by atomic mass is 35.5. The summed E-state index contributed by atoms with van der Waals surface area (Å²) in [6.45, 7) is 3.00. The second kappa shape index (κ2) is 5.73. The van der Waals surface area contributed by atoms with Crippen LogP contribution in [0.15, 0.2) is 18.2 Å². The Morgan fingerprint density at radius 1 is 1.53 bits per heavy atom. The molecule has 0 heterocycles. The molecule has 0 radical (unpaired) electrons. The van der Waals surface area contributed by atoms with Crippen LogP contribution >= 0.6 is 11.6 Å². The number of ether oxygens (including phenoxy) is 1. The molecule has 0 aliphatic rings. The summed E-state index contributed by atoms with van der Waals surface area (Å²) in [5.41, 5.74) is 0.519.